The van der Waals surface area contributed by atoms with Crippen LogP contribution in [0.3, 0.4) is 0 Å². The maximum Gasteiger partial charge on any atom is 0.0468 e. The first kappa shape index (κ1) is 12.9. The lowest BCUT2D eigenvalue weighted by atomic mass is 10.2. The SMILES string of the molecule is CC(CO)CNCc1cnccc1N(C)C. The number of rotatable bonds is 6. The molecule has 1 aromatic rings. The minimum Gasteiger partial charge on any atom is -0.396 e. The molecule has 0 aliphatic rings. The molecule has 2 N–H and O–H groups in total. The summed E-state index contributed by atoms with van der Waals surface area (Å²) in [4.78, 5) is 6.21. The zero-order valence-corrected chi connectivity index (χ0v) is 10.3. The molecule has 90 valence electrons. The molecule has 0 saturated heterocycles. The highest BCUT2D eigenvalue weighted by atomic mass is 16.3. The summed E-state index contributed by atoms with van der Waals surface area (Å²) in [5, 5.41) is 12.2. The van der Waals surface area contributed by atoms with Gasteiger partial charge in [-0.25, -0.2) is 0 Å². The van der Waals surface area contributed by atoms with Crippen molar-refractivity contribution in [3.63, 3.8) is 0 Å². The van der Waals surface area contributed by atoms with Crippen molar-refractivity contribution in [2.24, 2.45) is 5.92 Å². The molecule has 0 aliphatic heterocycles. The van der Waals surface area contributed by atoms with E-state index in [4.69, 9.17) is 5.11 Å². The third kappa shape index (κ3) is 3.79. The van der Waals surface area contributed by atoms with Gasteiger partial charge in [0.2, 0.25) is 0 Å². The van der Waals surface area contributed by atoms with Crippen molar-refractivity contribution in [1.82, 2.24) is 10.3 Å². The van der Waals surface area contributed by atoms with Crippen molar-refractivity contribution in [2.45, 2.75) is 13.5 Å². The molecule has 1 atom stereocenters. The van der Waals surface area contributed by atoms with Crippen LogP contribution in [0.15, 0.2) is 18.5 Å². The monoisotopic (exact) mass is 223 g/mol. The topological polar surface area (TPSA) is 48.4 Å². The van der Waals surface area contributed by atoms with Gasteiger partial charge >= 0.3 is 0 Å². The Balaban J connectivity index is 2.53. The van der Waals surface area contributed by atoms with E-state index in [1.54, 1.807) is 6.20 Å². The number of nitrogens with zero attached hydrogens (tertiary/aromatic N) is 2. The predicted octanol–water partition coefficient (Wildman–Crippen LogP) is 0.866. The molecule has 4 heteroatoms. The summed E-state index contributed by atoms with van der Waals surface area (Å²) in [6, 6.07) is 2.01. The maximum absolute atomic E-state index is 8.91. The maximum atomic E-state index is 8.91. The van der Waals surface area contributed by atoms with Crippen molar-refractivity contribution in [3.8, 4) is 0 Å². The van der Waals surface area contributed by atoms with Crippen molar-refractivity contribution >= 4 is 5.69 Å². The Morgan fingerprint density at radius 2 is 2.25 bits per heavy atom. The smallest absolute Gasteiger partial charge is 0.0468 e. The van der Waals surface area contributed by atoms with E-state index in [9.17, 15) is 0 Å². The van der Waals surface area contributed by atoms with E-state index in [1.165, 1.54) is 11.3 Å². The van der Waals surface area contributed by atoms with Crippen LogP contribution in [-0.4, -0.2) is 37.3 Å². The van der Waals surface area contributed by atoms with Crippen molar-refractivity contribution < 1.29 is 5.11 Å². The molecule has 0 aromatic carbocycles. The molecular formula is C12H21N3O. The van der Waals surface area contributed by atoms with Crippen LogP contribution in [0.1, 0.15) is 12.5 Å². The molecule has 0 aliphatic carbocycles. The Labute approximate surface area is 97.3 Å². The van der Waals surface area contributed by atoms with E-state index >= 15 is 0 Å². The molecule has 0 saturated carbocycles. The molecule has 16 heavy (non-hydrogen) atoms. The molecule has 0 fully saturated rings. The molecule has 0 spiro atoms. The van der Waals surface area contributed by atoms with Crippen molar-refractivity contribution in [2.75, 3.05) is 32.1 Å². The highest BCUT2D eigenvalue weighted by molar-refractivity contribution is 5.50. The first-order chi connectivity index (χ1) is 7.65. The summed E-state index contributed by atoms with van der Waals surface area (Å²) >= 11 is 0. The Kier molecular flexibility index (Phi) is 5.22. The van der Waals surface area contributed by atoms with Gasteiger partial charge in [0.1, 0.15) is 0 Å². The zero-order valence-electron chi connectivity index (χ0n) is 10.3. The largest absolute Gasteiger partial charge is 0.396 e. The number of nitrogens with one attached hydrogen (secondary N) is 1. The fraction of sp³-hybridized carbons (Fsp3) is 0.583. The summed E-state index contributed by atoms with van der Waals surface area (Å²) in [7, 11) is 4.05. The number of anilines is 1. The lowest BCUT2D eigenvalue weighted by molar-refractivity contribution is 0.233. The Morgan fingerprint density at radius 1 is 1.50 bits per heavy atom. The van der Waals surface area contributed by atoms with Gasteiger partial charge in [-0.2, -0.15) is 0 Å². The van der Waals surface area contributed by atoms with E-state index in [1.807, 2.05) is 33.3 Å². The number of aliphatic hydroxyl groups excluding tert-OH is 1. The lowest BCUT2D eigenvalue weighted by Gasteiger charge is -2.17. The van der Waals surface area contributed by atoms with Crippen LogP contribution in [0.5, 0.6) is 0 Å². The van der Waals surface area contributed by atoms with Gasteiger partial charge in [-0.3, -0.25) is 4.98 Å². The number of hydrogen-bond donors (Lipinski definition) is 2. The second kappa shape index (κ2) is 6.45. The number of aliphatic hydroxyl groups is 1. The van der Waals surface area contributed by atoms with Crippen molar-refractivity contribution in [3.05, 3.63) is 24.0 Å². The van der Waals surface area contributed by atoms with Gasteiger partial charge in [-0.15, -0.1) is 0 Å². The lowest BCUT2D eigenvalue weighted by Crippen LogP contribution is -2.24. The highest BCUT2D eigenvalue weighted by Crippen LogP contribution is 2.15. The summed E-state index contributed by atoms with van der Waals surface area (Å²) < 4.78 is 0. The Morgan fingerprint density at radius 3 is 2.88 bits per heavy atom. The highest BCUT2D eigenvalue weighted by Gasteiger charge is 2.04. The van der Waals surface area contributed by atoms with E-state index < -0.39 is 0 Å². The molecule has 0 amide bonds. The predicted molar refractivity (Wildman–Crippen MR) is 66.5 cm³/mol. The van der Waals surface area contributed by atoms with E-state index in [2.05, 4.69) is 15.2 Å². The van der Waals surface area contributed by atoms with Crippen LogP contribution >= 0.6 is 0 Å². The van der Waals surface area contributed by atoms with Gasteiger partial charge < -0.3 is 15.3 Å². The van der Waals surface area contributed by atoms with Crippen LogP contribution in [0, 0.1) is 5.92 Å². The standard InChI is InChI=1S/C12H21N3O/c1-10(9-16)6-14-8-11-7-13-5-4-12(11)15(2)3/h4-5,7,10,14,16H,6,8-9H2,1-3H3. The molecule has 1 heterocycles. The van der Waals surface area contributed by atoms with Crippen LogP contribution in [0.2, 0.25) is 0 Å². The first-order valence-corrected chi connectivity index (χ1v) is 5.57. The number of pyridine rings is 1. The minimum absolute atomic E-state index is 0.223. The normalized spacial score (nSPS) is 12.5. The van der Waals surface area contributed by atoms with Gasteiger partial charge in [0.25, 0.3) is 0 Å². The Bertz CT molecular complexity index is 315. The molecular weight excluding hydrogens is 202 g/mol. The molecule has 1 rings (SSSR count). The van der Waals surface area contributed by atoms with Crippen LogP contribution < -0.4 is 10.2 Å². The van der Waals surface area contributed by atoms with Gasteiger partial charge in [0, 0.05) is 57.4 Å². The van der Waals surface area contributed by atoms with Crippen LogP contribution in [0.25, 0.3) is 0 Å². The van der Waals surface area contributed by atoms with E-state index in [-0.39, 0.29) is 6.61 Å². The van der Waals surface area contributed by atoms with Gasteiger partial charge in [0.15, 0.2) is 0 Å². The second-order valence-corrected chi connectivity index (χ2v) is 4.32. The molecule has 4 nitrogen and oxygen atoms in total. The first-order valence-electron chi connectivity index (χ1n) is 5.57. The fourth-order valence-corrected chi connectivity index (χ4v) is 1.51. The van der Waals surface area contributed by atoms with Gasteiger partial charge in [-0.1, -0.05) is 6.92 Å². The summed E-state index contributed by atoms with van der Waals surface area (Å²) in [6.07, 6.45) is 3.68. The molecule has 1 aromatic heterocycles. The summed E-state index contributed by atoms with van der Waals surface area (Å²) in [5.41, 5.74) is 2.36. The average Bonchev–Trinajstić information content (AvgIpc) is 2.29. The number of aromatic nitrogens is 1. The Hall–Kier alpha value is -1.13. The average molecular weight is 223 g/mol. The van der Waals surface area contributed by atoms with E-state index in [0.717, 1.165) is 13.1 Å². The third-order valence-electron chi connectivity index (χ3n) is 2.48. The quantitative estimate of drug-likeness (QED) is 0.751. The van der Waals surface area contributed by atoms with Crippen LogP contribution in [-0.2, 0) is 6.54 Å². The van der Waals surface area contributed by atoms with Gasteiger partial charge in [-0.05, 0) is 12.0 Å². The zero-order chi connectivity index (χ0) is 12.0. The van der Waals surface area contributed by atoms with E-state index in [0.29, 0.717) is 5.92 Å². The number of hydrogen-bond acceptors (Lipinski definition) is 4. The minimum atomic E-state index is 0.223. The van der Waals surface area contributed by atoms with Gasteiger partial charge in [0.05, 0.1) is 0 Å². The van der Waals surface area contributed by atoms with Crippen molar-refractivity contribution in [1.29, 1.82) is 0 Å². The molecule has 0 bridgehead atoms. The van der Waals surface area contributed by atoms with Crippen LogP contribution in [0.4, 0.5) is 5.69 Å². The fourth-order valence-electron chi connectivity index (χ4n) is 1.51. The third-order valence-corrected chi connectivity index (χ3v) is 2.48. The molecule has 1 unspecified atom stereocenters. The summed E-state index contributed by atoms with van der Waals surface area (Å²) in [5.74, 6) is 0.291. The second-order valence-electron chi connectivity index (χ2n) is 4.32. The molecule has 0 radical (unpaired) electrons. The summed E-state index contributed by atoms with van der Waals surface area (Å²) in [6.45, 7) is 3.84.